The van der Waals surface area contributed by atoms with E-state index in [1.54, 1.807) is 19.9 Å². The van der Waals surface area contributed by atoms with Crippen LogP contribution in [0.3, 0.4) is 0 Å². The quantitative estimate of drug-likeness (QED) is 0.817. The van der Waals surface area contributed by atoms with Crippen LogP contribution in [-0.4, -0.2) is 32.2 Å². The van der Waals surface area contributed by atoms with E-state index < -0.39 is 0 Å². The summed E-state index contributed by atoms with van der Waals surface area (Å²) in [7, 11) is 1.45. The van der Waals surface area contributed by atoms with Gasteiger partial charge in [-0.1, -0.05) is 0 Å². The fourth-order valence-electron chi connectivity index (χ4n) is 1.25. The van der Waals surface area contributed by atoms with Gasteiger partial charge in [0.15, 0.2) is 0 Å². The third-order valence-electron chi connectivity index (χ3n) is 1.92. The van der Waals surface area contributed by atoms with Gasteiger partial charge in [-0.05, 0) is 25.5 Å². The Balaban J connectivity index is 2.74. The number of hydrogen-bond donors (Lipinski definition) is 1. The standard InChI is InChI=1S/C11H15NO4S/c1-4-16-11(14)10-7(2)5-9(17-10)12-8(13)6-15-3/h5H,4,6H2,1-3H3,(H,12,13). The van der Waals surface area contributed by atoms with Crippen LogP contribution in [0.4, 0.5) is 5.00 Å². The molecule has 6 heteroatoms. The molecule has 0 spiro atoms. The van der Waals surface area contributed by atoms with Crippen molar-refractivity contribution < 1.29 is 19.1 Å². The average molecular weight is 257 g/mol. The minimum absolute atomic E-state index is 0.00825. The van der Waals surface area contributed by atoms with Gasteiger partial charge >= 0.3 is 5.97 Å². The molecule has 0 atom stereocenters. The van der Waals surface area contributed by atoms with E-state index in [4.69, 9.17) is 9.47 Å². The third-order valence-corrected chi connectivity index (χ3v) is 3.05. The number of aryl methyl sites for hydroxylation is 1. The van der Waals surface area contributed by atoms with Crippen molar-refractivity contribution in [2.24, 2.45) is 0 Å². The van der Waals surface area contributed by atoms with E-state index in [-0.39, 0.29) is 18.5 Å². The van der Waals surface area contributed by atoms with E-state index >= 15 is 0 Å². The fraction of sp³-hybridized carbons (Fsp3) is 0.455. The zero-order valence-corrected chi connectivity index (χ0v) is 10.8. The summed E-state index contributed by atoms with van der Waals surface area (Å²) in [6, 6.07) is 1.74. The van der Waals surface area contributed by atoms with Crippen molar-refractivity contribution >= 4 is 28.2 Å². The lowest BCUT2D eigenvalue weighted by molar-refractivity contribution is -0.119. The van der Waals surface area contributed by atoms with E-state index in [0.717, 1.165) is 5.56 Å². The highest BCUT2D eigenvalue weighted by atomic mass is 32.1. The maximum absolute atomic E-state index is 11.5. The highest BCUT2D eigenvalue weighted by Gasteiger charge is 2.15. The summed E-state index contributed by atoms with van der Waals surface area (Å²) in [6.45, 7) is 3.88. The topological polar surface area (TPSA) is 64.6 Å². The summed E-state index contributed by atoms with van der Waals surface area (Å²) >= 11 is 1.20. The Kier molecular flexibility index (Phi) is 5.11. The van der Waals surface area contributed by atoms with Crippen LogP contribution < -0.4 is 5.32 Å². The van der Waals surface area contributed by atoms with Crippen LogP contribution in [0.2, 0.25) is 0 Å². The number of rotatable bonds is 5. The van der Waals surface area contributed by atoms with Crippen LogP contribution >= 0.6 is 11.3 Å². The lowest BCUT2D eigenvalue weighted by Gasteiger charge is -2.00. The molecule has 1 heterocycles. The molecule has 1 amide bonds. The van der Waals surface area contributed by atoms with Crippen LogP contribution in [0.15, 0.2) is 6.07 Å². The number of hydrogen-bond acceptors (Lipinski definition) is 5. The van der Waals surface area contributed by atoms with Gasteiger partial charge in [-0.15, -0.1) is 11.3 Å². The molecule has 0 aromatic carbocycles. The van der Waals surface area contributed by atoms with Crippen molar-refractivity contribution in [1.29, 1.82) is 0 Å². The van der Waals surface area contributed by atoms with Crippen LogP contribution in [0.25, 0.3) is 0 Å². The zero-order valence-electron chi connectivity index (χ0n) is 10.0. The van der Waals surface area contributed by atoms with Crippen molar-refractivity contribution in [2.75, 3.05) is 25.6 Å². The largest absolute Gasteiger partial charge is 0.462 e. The first-order valence-corrected chi connectivity index (χ1v) is 5.96. The maximum Gasteiger partial charge on any atom is 0.348 e. The second-order valence-corrected chi connectivity index (χ2v) is 4.38. The summed E-state index contributed by atoms with van der Waals surface area (Å²) in [5.74, 6) is -0.605. The summed E-state index contributed by atoms with van der Waals surface area (Å²) in [6.07, 6.45) is 0. The lowest BCUT2D eigenvalue weighted by Crippen LogP contribution is -2.16. The Morgan fingerprint density at radius 1 is 1.47 bits per heavy atom. The number of carbonyl (C=O) groups excluding carboxylic acids is 2. The van der Waals surface area contributed by atoms with Crippen LogP contribution in [0.1, 0.15) is 22.2 Å². The molecule has 5 nitrogen and oxygen atoms in total. The van der Waals surface area contributed by atoms with Gasteiger partial charge in [0, 0.05) is 7.11 Å². The molecule has 0 bridgehead atoms. The van der Waals surface area contributed by atoms with Gasteiger partial charge < -0.3 is 14.8 Å². The smallest absolute Gasteiger partial charge is 0.348 e. The molecule has 1 N–H and O–H groups in total. The Bertz CT molecular complexity index is 414. The first-order chi connectivity index (χ1) is 8.08. The Labute approximate surface area is 104 Å². The van der Waals surface area contributed by atoms with Crippen LogP contribution in [0, 0.1) is 6.92 Å². The molecular formula is C11H15NO4S. The van der Waals surface area contributed by atoms with Gasteiger partial charge in [0.1, 0.15) is 11.5 Å². The third kappa shape index (κ3) is 3.83. The first kappa shape index (κ1) is 13.7. The molecule has 1 aromatic heterocycles. The van der Waals surface area contributed by atoms with Gasteiger partial charge in [-0.25, -0.2) is 4.79 Å². The number of amides is 1. The van der Waals surface area contributed by atoms with Crippen molar-refractivity contribution in [1.82, 2.24) is 0 Å². The molecule has 0 unspecified atom stereocenters. The maximum atomic E-state index is 11.5. The van der Waals surface area contributed by atoms with E-state index in [0.29, 0.717) is 16.5 Å². The summed E-state index contributed by atoms with van der Waals surface area (Å²) in [5, 5.41) is 3.27. The molecular weight excluding hydrogens is 242 g/mol. The van der Waals surface area contributed by atoms with Crippen molar-refractivity contribution in [3.05, 3.63) is 16.5 Å². The van der Waals surface area contributed by atoms with Gasteiger partial charge in [-0.3, -0.25) is 4.79 Å². The predicted molar refractivity (Wildman–Crippen MR) is 65.5 cm³/mol. The summed E-state index contributed by atoms with van der Waals surface area (Å²) in [4.78, 5) is 23.3. The minimum atomic E-state index is -0.359. The van der Waals surface area contributed by atoms with Crippen LogP contribution in [-0.2, 0) is 14.3 Å². The average Bonchev–Trinajstić information content (AvgIpc) is 2.60. The highest BCUT2D eigenvalue weighted by Crippen LogP contribution is 2.27. The monoisotopic (exact) mass is 257 g/mol. The number of esters is 1. The molecule has 17 heavy (non-hydrogen) atoms. The molecule has 0 saturated carbocycles. The van der Waals surface area contributed by atoms with Crippen molar-refractivity contribution in [3.63, 3.8) is 0 Å². The Morgan fingerprint density at radius 3 is 2.76 bits per heavy atom. The second kappa shape index (κ2) is 6.36. The molecule has 0 fully saturated rings. The molecule has 0 aliphatic carbocycles. The molecule has 94 valence electrons. The van der Waals surface area contributed by atoms with Gasteiger partial charge in [-0.2, -0.15) is 0 Å². The van der Waals surface area contributed by atoms with E-state index in [1.165, 1.54) is 18.4 Å². The van der Waals surface area contributed by atoms with Crippen LogP contribution in [0.5, 0.6) is 0 Å². The van der Waals surface area contributed by atoms with E-state index in [9.17, 15) is 9.59 Å². The number of anilines is 1. The second-order valence-electron chi connectivity index (χ2n) is 3.32. The number of methoxy groups -OCH3 is 1. The molecule has 0 aliphatic rings. The van der Waals surface area contributed by atoms with E-state index in [1.807, 2.05) is 0 Å². The number of nitrogens with one attached hydrogen (secondary N) is 1. The molecule has 1 aromatic rings. The fourth-order valence-corrected chi connectivity index (χ4v) is 2.23. The summed E-state index contributed by atoms with van der Waals surface area (Å²) < 4.78 is 9.61. The van der Waals surface area contributed by atoms with Gasteiger partial charge in [0.25, 0.3) is 5.91 Å². The predicted octanol–water partition coefficient (Wildman–Crippen LogP) is 1.82. The van der Waals surface area contributed by atoms with Crippen molar-refractivity contribution in [3.8, 4) is 0 Å². The van der Waals surface area contributed by atoms with Crippen molar-refractivity contribution in [2.45, 2.75) is 13.8 Å². The lowest BCUT2D eigenvalue weighted by atomic mass is 10.3. The molecule has 0 saturated heterocycles. The Hall–Kier alpha value is -1.40. The SMILES string of the molecule is CCOC(=O)c1sc(NC(=O)COC)cc1C. The Morgan fingerprint density at radius 2 is 2.18 bits per heavy atom. The minimum Gasteiger partial charge on any atom is -0.462 e. The van der Waals surface area contributed by atoms with Gasteiger partial charge in [0.05, 0.1) is 11.6 Å². The first-order valence-electron chi connectivity index (χ1n) is 5.14. The zero-order chi connectivity index (χ0) is 12.8. The van der Waals surface area contributed by atoms with Gasteiger partial charge in [0.2, 0.25) is 0 Å². The number of thiophene rings is 1. The summed E-state index contributed by atoms with van der Waals surface area (Å²) in [5.41, 5.74) is 0.793. The number of carbonyl (C=O) groups is 2. The molecule has 0 radical (unpaired) electrons. The highest BCUT2D eigenvalue weighted by molar-refractivity contribution is 7.18. The van der Waals surface area contributed by atoms with E-state index in [2.05, 4.69) is 5.32 Å². The molecule has 0 aliphatic heterocycles. The number of ether oxygens (including phenoxy) is 2. The molecule has 1 rings (SSSR count). The normalized spacial score (nSPS) is 10.1.